The number of hydrogen-bond acceptors (Lipinski definition) is 4. The van der Waals surface area contributed by atoms with Gasteiger partial charge in [-0.05, 0) is 19.4 Å². The summed E-state index contributed by atoms with van der Waals surface area (Å²) in [5.74, 6) is 0.906. The Labute approximate surface area is 87.8 Å². The minimum absolute atomic E-state index is 0.0915. The van der Waals surface area contributed by atoms with Crippen LogP contribution in [-0.4, -0.2) is 18.8 Å². The fourth-order valence-electron chi connectivity index (χ4n) is 1.18. The van der Waals surface area contributed by atoms with Gasteiger partial charge in [0.15, 0.2) is 0 Å². The second-order valence-corrected chi connectivity index (χ2v) is 3.16. The molecule has 0 saturated carbocycles. The topological polar surface area (TPSA) is 59.7 Å². The Morgan fingerprint density at radius 1 is 1.67 bits per heavy atom. The van der Waals surface area contributed by atoms with Crippen LogP contribution in [0.1, 0.15) is 18.2 Å². The molecule has 1 rings (SSSR count). The SMILES string of the molecule is COc1cc(/C(C)=C/CO)oc(=O)c1C. The van der Waals surface area contributed by atoms with Crippen molar-refractivity contribution in [2.75, 3.05) is 13.7 Å². The van der Waals surface area contributed by atoms with Crippen LogP contribution in [0.5, 0.6) is 5.75 Å². The number of aliphatic hydroxyl groups excluding tert-OH is 1. The van der Waals surface area contributed by atoms with Gasteiger partial charge in [-0.2, -0.15) is 0 Å². The van der Waals surface area contributed by atoms with Crippen molar-refractivity contribution in [3.8, 4) is 5.75 Å². The number of aliphatic hydroxyl groups is 1. The summed E-state index contributed by atoms with van der Waals surface area (Å²) in [6, 6.07) is 1.64. The lowest BCUT2D eigenvalue weighted by Crippen LogP contribution is -2.06. The molecule has 0 aromatic carbocycles. The van der Waals surface area contributed by atoms with Gasteiger partial charge in [0.2, 0.25) is 0 Å². The van der Waals surface area contributed by atoms with Crippen LogP contribution in [0.15, 0.2) is 21.4 Å². The van der Waals surface area contributed by atoms with Crippen LogP contribution in [0.25, 0.3) is 5.57 Å². The Morgan fingerprint density at radius 3 is 2.87 bits per heavy atom. The van der Waals surface area contributed by atoms with Gasteiger partial charge in [-0.1, -0.05) is 6.08 Å². The predicted molar refractivity (Wildman–Crippen MR) is 57.0 cm³/mol. The molecule has 4 heteroatoms. The zero-order chi connectivity index (χ0) is 11.4. The van der Waals surface area contributed by atoms with Crippen molar-refractivity contribution in [2.24, 2.45) is 0 Å². The molecule has 1 aromatic heterocycles. The molecule has 1 aromatic rings. The van der Waals surface area contributed by atoms with Crippen LogP contribution in [0, 0.1) is 6.92 Å². The Morgan fingerprint density at radius 2 is 2.33 bits per heavy atom. The average Bonchev–Trinajstić information content (AvgIpc) is 2.22. The quantitative estimate of drug-likeness (QED) is 0.818. The van der Waals surface area contributed by atoms with E-state index >= 15 is 0 Å². The fraction of sp³-hybridized carbons (Fsp3) is 0.364. The van der Waals surface area contributed by atoms with E-state index in [-0.39, 0.29) is 6.61 Å². The average molecular weight is 210 g/mol. The fourth-order valence-corrected chi connectivity index (χ4v) is 1.18. The molecule has 0 radical (unpaired) electrons. The Bertz CT molecular complexity index is 429. The van der Waals surface area contributed by atoms with Crippen LogP contribution < -0.4 is 10.4 Å². The van der Waals surface area contributed by atoms with E-state index in [4.69, 9.17) is 14.3 Å². The van der Waals surface area contributed by atoms with E-state index < -0.39 is 5.63 Å². The first-order valence-corrected chi connectivity index (χ1v) is 4.57. The van der Waals surface area contributed by atoms with Crippen molar-refractivity contribution in [2.45, 2.75) is 13.8 Å². The van der Waals surface area contributed by atoms with Gasteiger partial charge in [0.05, 0.1) is 19.3 Å². The molecule has 0 unspecified atom stereocenters. The molecule has 1 heterocycles. The largest absolute Gasteiger partial charge is 0.496 e. The van der Waals surface area contributed by atoms with Crippen molar-refractivity contribution in [3.63, 3.8) is 0 Å². The number of allylic oxidation sites excluding steroid dienone is 1. The molecule has 4 nitrogen and oxygen atoms in total. The lowest BCUT2D eigenvalue weighted by atomic mass is 10.2. The normalized spacial score (nSPS) is 11.6. The van der Waals surface area contributed by atoms with Crippen LogP contribution >= 0.6 is 0 Å². The Hall–Kier alpha value is -1.55. The van der Waals surface area contributed by atoms with Gasteiger partial charge in [-0.3, -0.25) is 0 Å². The maximum Gasteiger partial charge on any atom is 0.342 e. The maximum absolute atomic E-state index is 11.4. The zero-order valence-corrected chi connectivity index (χ0v) is 9.03. The highest BCUT2D eigenvalue weighted by Crippen LogP contribution is 2.20. The number of ether oxygens (including phenoxy) is 1. The number of rotatable bonds is 3. The third-order valence-corrected chi connectivity index (χ3v) is 2.15. The van der Waals surface area contributed by atoms with Crippen molar-refractivity contribution in [1.82, 2.24) is 0 Å². The zero-order valence-electron chi connectivity index (χ0n) is 9.03. The standard InChI is InChI=1S/C11H14O4/c1-7(4-5-12)9-6-10(14-3)8(2)11(13)15-9/h4,6,12H,5H2,1-3H3/b7-4+. The molecule has 0 aliphatic rings. The predicted octanol–water partition coefficient (Wildman–Crippen LogP) is 1.35. The molecular weight excluding hydrogens is 196 g/mol. The second kappa shape index (κ2) is 4.79. The van der Waals surface area contributed by atoms with Gasteiger partial charge < -0.3 is 14.3 Å². The second-order valence-electron chi connectivity index (χ2n) is 3.16. The number of methoxy groups -OCH3 is 1. The third kappa shape index (κ3) is 2.47. The van der Waals surface area contributed by atoms with Crippen molar-refractivity contribution < 1.29 is 14.3 Å². The van der Waals surface area contributed by atoms with E-state index in [9.17, 15) is 4.79 Å². The van der Waals surface area contributed by atoms with E-state index in [2.05, 4.69) is 0 Å². The van der Waals surface area contributed by atoms with Crippen molar-refractivity contribution in [1.29, 1.82) is 0 Å². The van der Waals surface area contributed by atoms with Crippen molar-refractivity contribution >= 4 is 5.57 Å². The maximum atomic E-state index is 11.4. The summed E-state index contributed by atoms with van der Waals surface area (Å²) in [5, 5.41) is 8.72. The molecule has 0 aliphatic heterocycles. The molecular formula is C11H14O4. The summed E-state index contributed by atoms with van der Waals surface area (Å²) in [6.07, 6.45) is 1.56. The first-order chi connectivity index (χ1) is 7.10. The summed E-state index contributed by atoms with van der Waals surface area (Å²) < 4.78 is 10.1. The Kier molecular flexibility index (Phi) is 3.68. The van der Waals surface area contributed by atoms with Crippen LogP contribution in [0.4, 0.5) is 0 Å². The molecule has 1 N–H and O–H groups in total. The first-order valence-electron chi connectivity index (χ1n) is 4.57. The summed E-state index contributed by atoms with van der Waals surface area (Å²) in [4.78, 5) is 11.4. The molecule has 0 saturated heterocycles. The molecule has 0 amide bonds. The monoisotopic (exact) mass is 210 g/mol. The van der Waals surface area contributed by atoms with E-state index in [1.807, 2.05) is 0 Å². The highest BCUT2D eigenvalue weighted by Gasteiger charge is 2.08. The lowest BCUT2D eigenvalue weighted by molar-refractivity contribution is 0.342. The van der Waals surface area contributed by atoms with Crippen LogP contribution in [-0.2, 0) is 0 Å². The summed E-state index contributed by atoms with van der Waals surface area (Å²) >= 11 is 0. The highest BCUT2D eigenvalue weighted by molar-refractivity contribution is 5.60. The van der Waals surface area contributed by atoms with Gasteiger partial charge in [0.25, 0.3) is 0 Å². The first kappa shape index (κ1) is 11.5. The lowest BCUT2D eigenvalue weighted by Gasteiger charge is -2.05. The minimum atomic E-state index is -0.421. The molecule has 0 aliphatic carbocycles. The smallest absolute Gasteiger partial charge is 0.342 e. The molecule has 15 heavy (non-hydrogen) atoms. The van der Waals surface area contributed by atoms with E-state index in [1.165, 1.54) is 7.11 Å². The van der Waals surface area contributed by atoms with Crippen LogP contribution in [0.3, 0.4) is 0 Å². The molecule has 82 valence electrons. The number of hydrogen-bond donors (Lipinski definition) is 1. The van der Waals surface area contributed by atoms with Gasteiger partial charge in [0, 0.05) is 6.07 Å². The van der Waals surface area contributed by atoms with Crippen LogP contribution in [0.2, 0.25) is 0 Å². The molecule has 0 bridgehead atoms. The van der Waals surface area contributed by atoms with E-state index in [0.717, 1.165) is 0 Å². The van der Waals surface area contributed by atoms with Crippen molar-refractivity contribution in [3.05, 3.63) is 33.9 Å². The summed E-state index contributed by atoms with van der Waals surface area (Å²) in [5.41, 5.74) is 0.723. The van der Waals surface area contributed by atoms with Gasteiger partial charge in [0.1, 0.15) is 11.5 Å². The third-order valence-electron chi connectivity index (χ3n) is 2.15. The van der Waals surface area contributed by atoms with Gasteiger partial charge in [-0.25, -0.2) is 4.79 Å². The molecule has 0 atom stereocenters. The summed E-state index contributed by atoms with van der Waals surface area (Å²) in [7, 11) is 1.50. The Balaban J connectivity index is 3.29. The van der Waals surface area contributed by atoms with E-state index in [0.29, 0.717) is 22.6 Å². The van der Waals surface area contributed by atoms with Gasteiger partial charge in [-0.15, -0.1) is 0 Å². The summed E-state index contributed by atoms with van der Waals surface area (Å²) in [6.45, 7) is 3.30. The van der Waals surface area contributed by atoms with E-state index in [1.54, 1.807) is 26.0 Å². The highest BCUT2D eigenvalue weighted by atomic mass is 16.5. The minimum Gasteiger partial charge on any atom is -0.496 e. The van der Waals surface area contributed by atoms with Gasteiger partial charge >= 0.3 is 5.63 Å². The molecule has 0 spiro atoms. The molecule has 0 fully saturated rings.